The molecule has 0 fully saturated rings. The second kappa shape index (κ2) is 5.50. The van der Waals surface area contributed by atoms with Crippen molar-refractivity contribution in [3.8, 4) is 0 Å². The number of unbranched alkanes of at least 4 members (excludes halogenated alkanes) is 1. The average molecular weight is 205 g/mol. The molecule has 2 atom stereocenters. The van der Waals surface area contributed by atoms with E-state index in [9.17, 15) is 4.79 Å². The van der Waals surface area contributed by atoms with Gasteiger partial charge in [-0.05, 0) is 12.8 Å². The van der Waals surface area contributed by atoms with Crippen LogP contribution in [0, 0.1) is 0 Å². The van der Waals surface area contributed by atoms with Crippen LogP contribution in [-0.4, -0.2) is 21.9 Å². The summed E-state index contributed by atoms with van der Waals surface area (Å²) in [6, 6.07) is -0.868. The topological polar surface area (TPSA) is 63.3 Å². The van der Waals surface area contributed by atoms with Gasteiger partial charge in [-0.1, -0.05) is 26.7 Å². The van der Waals surface area contributed by atoms with Crippen LogP contribution in [0.3, 0.4) is 0 Å². The van der Waals surface area contributed by atoms with E-state index < -0.39 is 16.8 Å². The molecular formula is C9H19NO2S. The molecule has 0 saturated carbocycles. The van der Waals surface area contributed by atoms with E-state index in [1.807, 2.05) is 6.92 Å². The van der Waals surface area contributed by atoms with Crippen molar-refractivity contribution in [2.24, 2.45) is 5.73 Å². The molecule has 0 aliphatic heterocycles. The summed E-state index contributed by atoms with van der Waals surface area (Å²) >= 11 is 4.38. The molecule has 0 aliphatic rings. The molecule has 0 spiro atoms. The lowest BCUT2D eigenvalue weighted by molar-refractivity contribution is -0.139. The molecular weight excluding hydrogens is 186 g/mol. The van der Waals surface area contributed by atoms with Gasteiger partial charge in [0.2, 0.25) is 0 Å². The highest BCUT2D eigenvalue weighted by Crippen LogP contribution is 2.29. The molecule has 0 aromatic heterocycles. The van der Waals surface area contributed by atoms with Crippen LogP contribution in [0.1, 0.15) is 39.5 Å². The summed E-state index contributed by atoms with van der Waals surface area (Å²) < 4.78 is -0.554. The summed E-state index contributed by atoms with van der Waals surface area (Å²) in [7, 11) is 0. The fourth-order valence-corrected chi connectivity index (χ4v) is 1.53. The fraction of sp³-hybridized carbons (Fsp3) is 0.889. The van der Waals surface area contributed by atoms with Gasteiger partial charge in [0.1, 0.15) is 6.04 Å². The maximum absolute atomic E-state index is 10.7. The van der Waals surface area contributed by atoms with Gasteiger partial charge in [0.15, 0.2) is 0 Å². The number of nitrogens with two attached hydrogens (primary N) is 1. The summed E-state index contributed by atoms with van der Waals surface area (Å²) in [4.78, 5) is 10.7. The highest BCUT2D eigenvalue weighted by molar-refractivity contribution is 7.82. The van der Waals surface area contributed by atoms with Gasteiger partial charge in [-0.3, -0.25) is 4.79 Å². The Hall–Kier alpha value is -0.220. The number of hydrogen-bond donors (Lipinski definition) is 3. The van der Waals surface area contributed by atoms with Gasteiger partial charge in [0.25, 0.3) is 0 Å². The Morgan fingerprint density at radius 1 is 1.62 bits per heavy atom. The lowest BCUT2D eigenvalue weighted by Gasteiger charge is -2.30. The maximum atomic E-state index is 10.7. The summed E-state index contributed by atoms with van der Waals surface area (Å²) in [5, 5.41) is 8.77. The third kappa shape index (κ3) is 3.56. The van der Waals surface area contributed by atoms with Crippen molar-refractivity contribution in [2.45, 2.75) is 50.3 Å². The molecule has 78 valence electrons. The van der Waals surface area contributed by atoms with Gasteiger partial charge >= 0.3 is 5.97 Å². The van der Waals surface area contributed by atoms with Gasteiger partial charge in [-0.2, -0.15) is 12.6 Å². The first-order valence-corrected chi connectivity index (χ1v) is 5.13. The first-order chi connectivity index (χ1) is 5.98. The molecule has 0 aromatic carbocycles. The van der Waals surface area contributed by atoms with Crippen molar-refractivity contribution in [1.82, 2.24) is 0 Å². The molecule has 3 N–H and O–H groups in total. The number of carboxylic acids is 1. The molecule has 4 heteroatoms. The van der Waals surface area contributed by atoms with Crippen LogP contribution in [0.2, 0.25) is 0 Å². The molecule has 3 nitrogen and oxygen atoms in total. The summed E-state index contributed by atoms with van der Waals surface area (Å²) in [6.45, 7) is 3.99. The number of thiol groups is 1. The Labute approximate surface area is 85.1 Å². The Balaban J connectivity index is 4.33. The summed E-state index contributed by atoms with van der Waals surface area (Å²) in [5.41, 5.74) is 5.57. The van der Waals surface area contributed by atoms with Crippen molar-refractivity contribution in [3.05, 3.63) is 0 Å². The predicted octanol–water partition coefficient (Wildman–Crippen LogP) is 1.67. The molecule has 0 bridgehead atoms. The number of hydrogen-bond acceptors (Lipinski definition) is 3. The SMILES string of the molecule is CCCCC(S)(CC)C(N)C(=O)O. The van der Waals surface area contributed by atoms with Gasteiger partial charge in [-0.15, -0.1) is 0 Å². The van der Waals surface area contributed by atoms with Gasteiger partial charge in [0, 0.05) is 4.75 Å². The molecule has 0 heterocycles. The maximum Gasteiger partial charge on any atom is 0.321 e. The van der Waals surface area contributed by atoms with Gasteiger partial charge in [0.05, 0.1) is 0 Å². The van der Waals surface area contributed by atoms with E-state index in [1.165, 1.54) is 0 Å². The number of carbonyl (C=O) groups is 1. The van der Waals surface area contributed by atoms with Crippen LogP contribution in [0.15, 0.2) is 0 Å². The predicted molar refractivity (Wildman–Crippen MR) is 57.1 cm³/mol. The van der Waals surface area contributed by atoms with E-state index in [4.69, 9.17) is 10.8 Å². The van der Waals surface area contributed by atoms with Crippen molar-refractivity contribution in [3.63, 3.8) is 0 Å². The van der Waals surface area contributed by atoms with Crippen molar-refractivity contribution >= 4 is 18.6 Å². The number of rotatable bonds is 6. The third-order valence-corrected chi connectivity index (χ3v) is 3.24. The molecule has 0 aliphatic carbocycles. The minimum atomic E-state index is -0.965. The Kier molecular flexibility index (Phi) is 5.40. The highest BCUT2D eigenvalue weighted by atomic mass is 32.1. The standard InChI is InChI=1S/C9H19NO2S/c1-3-5-6-9(13,4-2)7(10)8(11)12/h7,13H,3-6,10H2,1-2H3,(H,11,12). The zero-order chi connectivity index (χ0) is 10.5. The van der Waals surface area contributed by atoms with E-state index >= 15 is 0 Å². The third-order valence-electron chi connectivity index (χ3n) is 2.42. The Morgan fingerprint density at radius 3 is 2.46 bits per heavy atom. The number of carboxylic acid groups (broad SMARTS) is 1. The molecule has 0 saturated heterocycles. The smallest absolute Gasteiger partial charge is 0.321 e. The molecule has 0 amide bonds. The van der Waals surface area contributed by atoms with E-state index in [1.54, 1.807) is 0 Å². The minimum Gasteiger partial charge on any atom is -0.480 e. The molecule has 2 unspecified atom stereocenters. The monoisotopic (exact) mass is 205 g/mol. The Morgan fingerprint density at radius 2 is 2.15 bits per heavy atom. The van der Waals surface area contributed by atoms with Crippen LogP contribution in [0.4, 0.5) is 0 Å². The fourth-order valence-electron chi connectivity index (χ4n) is 1.26. The number of aliphatic carboxylic acids is 1. The van der Waals surface area contributed by atoms with Gasteiger partial charge in [-0.25, -0.2) is 0 Å². The largest absolute Gasteiger partial charge is 0.480 e. The van der Waals surface area contributed by atoms with Crippen LogP contribution >= 0.6 is 12.6 Å². The summed E-state index contributed by atoms with van der Waals surface area (Å²) in [5.74, 6) is -0.965. The lowest BCUT2D eigenvalue weighted by atomic mass is 9.91. The van der Waals surface area contributed by atoms with Crippen LogP contribution in [0.5, 0.6) is 0 Å². The zero-order valence-electron chi connectivity index (χ0n) is 8.29. The van der Waals surface area contributed by atoms with Crippen molar-refractivity contribution < 1.29 is 9.90 Å². The van der Waals surface area contributed by atoms with Crippen molar-refractivity contribution in [1.29, 1.82) is 0 Å². The van der Waals surface area contributed by atoms with Crippen LogP contribution in [0.25, 0.3) is 0 Å². The van der Waals surface area contributed by atoms with Crippen LogP contribution < -0.4 is 5.73 Å². The lowest BCUT2D eigenvalue weighted by Crippen LogP contribution is -2.48. The molecule has 0 radical (unpaired) electrons. The second-order valence-electron chi connectivity index (χ2n) is 3.38. The average Bonchev–Trinajstić information content (AvgIpc) is 2.12. The first-order valence-electron chi connectivity index (χ1n) is 4.68. The van der Waals surface area contributed by atoms with E-state index in [0.717, 1.165) is 19.3 Å². The van der Waals surface area contributed by atoms with E-state index in [2.05, 4.69) is 19.6 Å². The molecule has 13 heavy (non-hydrogen) atoms. The van der Waals surface area contributed by atoms with E-state index in [0.29, 0.717) is 6.42 Å². The Bertz CT molecular complexity index is 175. The van der Waals surface area contributed by atoms with Crippen molar-refractivity contribution in [2.75, 3.05) is 0 Å². The zero-order valence-corrected chi connectivity index (χ0v) is 9.18. The second-order valence-corrected chi connectivity index (χ2v) is 4.27. The normalized spacial score (nSPS) is 17.8. The molecule has 0 rings (SSSR count). The van der Waals surface area contributed by atoms with Crippen LogP contribution in [-0.2, 0) is 4.79 Å². The minimum absolute atomic E-state index is 0.554. The molecule has 0 aromatic rings. The first kappa shape index (κ1) is 12.8. The summed E-state index contributed by atoms with van der Waals surface area (Å²) in [6.07, 6.45) is 3.45. The van der Waals surface area contributed by atoms with E-state index in [-0.39, 0.29) is 0 Å². The van der Waals surface area contributed by atoms with Gasteiger partial charge < -0.3 is 10.8 Å². The quantitative estimate of drug-likeness (QED) is 0.578. The highest BCUT2D eigenvalue weighted by Gasteiger charge is 2.35.